The van der Waals surface area contributed by atoms with E-state index in [-0.39, 0.29) is 24.4 Å². The van der Waals surface area contributed by atoms with Crippen molar-refractivity contribution >= 4 is 23.7 Å². The number of imidazole rings is 1. The standard InChI is InChI=1S/C46H40N6O6/c53-41(28-47-42(54)40-30-58-44(51-40)33-18-8-2-9-19-33)49-38(43(55)50-39(45(56)57)26-32-16-6-1-7-17-32)27-37-29-52(31-48-37)46(34-20-10-3-11-21-34,35-22-12-4-13-23-35)36-24-14-5-15-25-36/h1-25,29-31,38-39H,26-28H2,(H,47,54)(H,49,53)(H,50,55)(H,56,57)/t38-,39-/m0/s1. The summed E-state index contributed by atoms with van der Waals surface area (Å²) >= 11 is 0. The van der Waals surface area contributed by atoms with Crippen LogP contribution in [-0.4, -0.2) is 62.0 Å². The number of benzene rings is 5. The van der Waals surface area contributed by atoms with E-state index >= 15 is 0 Å². The Hall–Kier alpha value is -7.60. The molecule has 5 aromatic carbocycles. The number of carbonyl (C=O) groups excluding carboxylic acids is 3. The van der Waals surface area contributed by atoms with Crippen molar-refractivity contribution in [2.75, 3.05) is 6.54 Å². The molecule has 0 unspecified atom stereocenters. The van der Waals surface area contributed by atoms with Gasteiger partial charge in [-0.15, -0.1) is 0 Å². The molecule has 0 bridgehead atoms. The third-order valence-electron chi connectivity index (χ3n) is 9.73. The maximum absolute atomic E-state index is 14.0. The fourth-order valence-corrected chi connectivity index (χ4v) is 6.97. The minimum Gasteiger partial charge on any atom is -0.480 e. The minimum atomic E-state index is -1.29. The number of carboxylic acid groups (broad SMARTS) is 1. The second kappa shape index (κ2) is 17.9. The van der Waals surface area contributed by atoms with E-state index in [2.05, 4.69) is 20.9 Å². The number of aliphatic carboxylic acids is 1. The lowest BCUT2D eigenvalue weighted by atomic mass is 9.77. The SMILES string of the molecule is O=C(CNC(=O)c1coc(-c2ccccc2)n1)N[C@@H](Cc1cn(C(c2ccccc2)(c2ccccc2)c2ccccc2)cn1)C(=O)N[C@@H](Cc1ccccc1)C(=O)O. The minimum absolute atomic E-state index is 0.0175. The zero-order valence-electron chi connectivity index (χ0n) is 31.3. The molecule has 290 valence electrons. The van der Waals surface area contributed by atoms with Crippen LogP contribution in [0.25, 0.3) is 11.5 Å². The van der Waals surface area contributed by atoms with Crippen LogP contribution < -0.4 is 16.0 Å². The number of aromatic nitrogens is 3. The molecule has 0 spiro atoms. The fourth-order valence-electron chi connectivity index (χ4n) is 6.97. The first-order chi connectivity index (χ1) is 28.3. The Kier molecular flexibility index (Phi) is 11.9. The Morgan fingerprint density at radius 1 is 0.672 bits per heavy atom. The highest BCUT2D eigenvalue weighted by Crippen LogP contribution is 2.40. The van der Waals surface area contributed by atoms with Crippen molar-refractivity contribution in [1.82, 2.24) is 30.5 Å². The summed E-state index contributed by atoms with van der Waals surface area (Å²) in [5.74, 6) is -3.08. The molecule has 7 aromatic rings. The monoisotopic (exact) mass is 772 g/mol. The second-order valence-electron chi connectivity index (χ2n) is 13.6. The predicted octanol–water partition coefficient (Wildman–Crippen LogP) is 5.65. The normalized spacial score (nSPS) is 12.2. The lowest BCUT2D eigenvalue weighted by molar-refractivity contribution is -0.142. The van der Waals surface area contributed by atoms with Crippen LogP contribution >= 0.6 is 0 Å². The topological polar surface area (TPSA) is 168 Å². The average Bonchev–Trinajstić information content (AvgIpc) is 3.96. The van der Waals surface area contributed by atoms with Crippen LogP contribution in [0.2, 0.25) is 0 Å². The highest BCUT2D eigenvalue weighted by Gasteiger charge is 2.39. The molecule has 0 aliphatic rings. The van der Waals surface area contributed by atoms with Gasteiger partial charge in [-0.3, -0.25) is 14.4 Å². The van der Waals surface area contributed by atoms with Crippen molar-refractivity contribution in [2.24, 2.45) is 0 Å². The van der Waals surface area contributed by atoms with E-state index in [1.54, 1.807) is 42.7 Å². The molecule has 2 atom stereocenters. The molecule has 2 aromatic heterocycles. The number of nitrogens with zero attached hydrogens (tertiary/aromatic N) is 3. The Morgan fingerprint density at radius 3 is 1.76 bits per heavy atom. The fraction of sp³-hybridized carbons (Fsp3) is 0.130. The first-order valence-corrected chi connectivity index (χ1v) is 18.7. The second-order valence-corrected chi connectivity index (χ2v) is 13.6. The van der Waals surface area contributed by atoms with Gasteiger partial charge in [0.25, 0.3) is 5.91 Å². The predicted molar refractivity (Wildman–Crippen MR) is 216 cm³/mol. The number of oxazole rings is 1. The van der Waals surface area contributed by atoms with Crippen molar-refractivity contribution in [2.45, 2.75) is 30.5 Å². The molecule has 2 heterocycles. The molecular formula is C46H40N6O6. The van der Waals surface area contributed by atoms with Gasteiger partial charge in [-0.1, -0.05) is 140 Å². The van der Waals surface area contributed by atoms with Crippen molar-refractivity contribution in [3.8, 4) is 11.5 Å². The van der Waals surface area contributed by atoms with Crippen LogP contribution in [0.15, 0.2) is 175 Å². The molecule has 58 heavy (non-hydrogen) atoms. The Morgan fingerprint density at radius 2 is 1.21 bits per heavy atom. The van der Waals surface area contributed by atoms with E-state index in [1.165, 1.54) is 6.26 Å². The number of nitrogens with one attached hydrogen (secondary N) is 3. The van der Waals surface area contributed by atoms with Gasteiger partial charge in [-0.05, 0) is 34.4 Å². The Bertz CT molecular complexity index is 2360. The smallest absolute Gasteiger partial charge is 0.326 e. The van der Waals surface area contributed by atoms with E-state index in [9.17, 15) is 24.3 Å². The van der Waals surface area contributed by atoms with Gasteiger partial charge in [0.2, 0.25) is 17.7 Å². The third kappa shape index (κ3) is 8.76. The van der Waals surface area contributed by atoms with Gasteiger partial charge >= 0.3 is 5.97 Å². The maximum atomic E-state index is 14.0. The summed E-state index contributed by atoms with van der Waals surface area (Å²) in [5, 5.41) is 17.9. The van der Waals surface area contributed by atoms with Gasteiger partial charge in [-0.25, -0.2) is 14.8 Å². The molecule has 0 aliphatic carbocycles. The molecule has 7 rings (SSSR count). The first kappa shape index (κ1) is 38.7. The Labute approximate surface area is 334 Å². The van der Waals surface area contributed by atoms with Crippen molar-refractivity contribution in [3.63, 3.8) is 0 Å². The summed E-state index contributed by atoms with van der Waals surface area (Å²) in [6.45, 7) is -0.504. The molecule has 0 aliphatic heterocycles. The highest BCUT2D eigenvalue weighted by atomic mass is 16.4. The lowest BCUT2D eigenvalue weighted by Gasteiger charge is -2.37. The van der Waals surface area contributed by atoms with Crippen LogP contribution in [0, 0.1) is 0 Å². The van der Waals surface area contributed by atoms with Crippen molar-refractivity contribution in [1.29, 1.82) is 0 Å². The number of carbonyl (C=O) groups is 4. The summed E-state index contributed by atoms with van der Waals surface area (Å²) in [6.07, 6.45) is 4.63. The summed E-state index contributed by atoms with van der Waals surface area (Å²) in [4.78, 5) is 61.8. The number of amides is 3. The molecule has 4 N–H and O–H groups in total. The molecule has 12 nitrogen and oxygen atoms in total. The number of hydrogen-bond donors (Lipinski definition) is 4. The number of rotatable bonds is 16. The van der Waals surface area contributed by atoms with Crippen LogP contribution in [0.4, 0.5) is 0 Å². The maximum Gasteiger partial charge on any atom is 0.326 e. The molecule has 3 amide bonds. The summed E-state index contributed by atoms with van der Waals surface area (Å²) in [6, 6.07) is 45.4. The summed E-state index contributed by atoms with van der Waals surface area (Å²) in [5.41, 5.74) is 3.80. The molecular weight excluding hydrogens is 733 g/mol. The molecule has 12 heteroatoms. The summed E-state index contributed by atoms with van der Waals surface area (Å²) < 4.78 is 7.45. The van der Waals surface area contributed by atoms with E-state index in [1.807, 2.05) is 126 Å². The molecule has 0 saturated carbocycles. The zero-order valence-corrected chi connectivity index (χ0v) is 31.3. The lowest BCUT2D eigenvalue weighted by Crippen LogP contribution is -2.54. The third-order valence-corrected chi connectivity index (χ3v) is 9.73. The van der Waals surface area contributed by atoms with E-state index in [0.717, 1.165) is 16.7 Å². The first-order valence-electron chi connectivity index (χ1n) is 18.7. The van der Waals surface area contributed by atoms with Crippen LogP contribution in [0.3, 0.4) is 0 Å². The largest absolute Gasteiger partial charge is 0.480 e. The number of carboxylic acids is 1. The molecule has 0 saturated heterocycles. The molecule has 0 radical (unpaired) electrons. The van der Waals surface area contributed by atoms with Gasteiger partial charge in [0.05, 0.1) is 18.6 Å². The van der Waals surface area contributed by atoms with Gasteiger partial charge < -0.3 is 30.0 Å². The van der Waals surface area contributed by atoms with E-state index in [0.29, 0.717) is 16.8 Å². The molecule has 0 fully saturated rings. The van der Waals surface area contributed by atoms with Gasteiger partial charge in [0.1, 0.15) is 23.9 Å². The zero-order chi connectivity index (χ0) is 40.3. The van der Waals surface area contributed by atoms with Gasteiger partial charge in [0, 0.05) is 24.6 Å². The van der Waals surface area contributed by atoms with Gasteiger partial charge in [0.15, 0.2) is 5.69 Å². The quantitative estimate of drug-likeness (QED) is 0.0915. The van der Waals surface area contributed by atoms with Crippen molar-refractivity contribution < 1.29 is 28.7 Å². The van der Waals surface area contributed by atoms with E-state index in [4.69, 9.17) is 9.40 Å². The van der Waals surface area contributed by atoms with Crippen LogP contribution in [0.5, 0.6) is 0 Å². The summed E-state index contributed by atoms with van der Waals surface area (Å²) in [7, 11) is 0. The van der Waals surface area contributed by atoms with Crippen LogP contribution in [-0.2, 0) is 32.8 Å². The Balaban J connectivity index is 1.16. The van der Waals surface area contributed by atoms with Crippen LogP contribution in [0.1, 0.15) is 38.4 Å². The van der Waals surface area contributed by atoms with E-state index < -0.39 is 47.9 Å². The number of hydrogen-bond acceptors (Lipinski definition) is 7. The van der Waals surface area contributed by atoms with Crippen molar-refractivity contribution in [3.05, 3.63) is 204 Å². The van der Waals surface area contributed by atoms with Gasteiger partial charge in [-0.2, -0.15) is 0 Å². The highest BCUT2D eigenvalue weighted by molar-refractivity contribution is 5.96. The average molecular weight is 773 g/mol.